The first-order valence-corrected chi connectivity index (χ1v) is 4.93. The third kappa shape index (κ3) is 1.59. The Morgan fingerprint density at radius 1 is 1.47 bits per heavy atom. The SMILES string of the molecule is C=C/C=C1/CN(C(C)=O)c2ccccc21. The number of hydrogen-bond acceptors (Lipinski definition) is 1. The molecule has 0 aromatic heterocycles. The van der Waals surface area contributed by atoms with Crippen molar-refractivity contribution in [3.63, 3.8) is 0 Å². The Morgan fingerprint density at radius 2 is 2.20 bits per heavy atom. The number of para-hydroxylation sites is 1. The van der Waals surface area contributed by atoms with Gasteiger partial charge in [-0.25, -0.2) is 0 Å². The minimum absolute atomic E-state index is 0.0786. The number of amides is 1. The average molecular weight is 199 g/mol. The maximum Gasteiger partial charge on any atom is 0.224 e. The van der Waals surface area contributed by atoms with Gasteiger partial charge in [0.25, 0.3) is 0 Å². The smallest absolute Gasteiger partial charge is 0.224 e. The lowest BCUT2D eigenvalue weighted by Gasteiger charge is -2.13. The van der Waals surface area contributed by atoms with Gasteiger partial charge in [0.2, 0.25) is 5.91 Å². The van der Waals surface area contributed by atoms with Crippen LogP contribution in [-0.4, -0.2) is 12.5 Å². The van der Waals surface area contributed by atoms with Crippen LogP contribution < -0.4 is 4.90 Å². The number of benzene rings is 1. The van der Waals surface area contributed by atoms with Crippen molar-refractivity contribution in [3.8, 4) is 0 Å². The van der Waals surface area contributed by atoms with Crippen molar-refractivity contribution >= 4 is 17.2 Å². The van der Waals surface area contributed by atoms with Crippen LogP contribution in [-0.2, 0) is 4.79 Å². The van der Waals surface area contributed by atoms with E-state index in [0.717, 1.165) is 16.8 Å². The van der Waals surface area contributed by atoms with Crippen molar-refractivity contribution in [1.29, 1.82) is 0 Å². The highest BCUT2D eigenvalue weighted by atomic mass is 16.2. The van der Waals surface area contributed by atoms with Crippen molar-refractivity contribution in [1.82, 2.24) is 0 Å². The highest BCUT2D eigenvalue weighted by molar-refractivity contribution is 6.01. The molecule has 0 spiro atoms. The van der Waals surface area contributed by atoms with Crippen LogP contribution in [0.1, 0.15) is 12.5 Å². The van der Waals surface area contributed by atoms with Crippen LogP contribution in [0.2, 0.25) is 0 Å². The standard InChI is InChI=1S/C13H13NO/c1-3-6-11-9-14(10(2)15)13-8-5-4-7-12(11)13/h3-8H,1,9H2,2H3/b11-6-. The molecule has 0 bridgehead atoms. The lowest BCUT2D eigenvalue weighted by Crippen LogP contribution is -2.25. The van der Waals surface area contributed by atoms with Crippen LogP contribution >= 0.6 is 0 Å². The average Bonchev–Trinajstić information content (AvgIpc) is 2.59. The summed E-state index contributed by atoms with van der Waals surface area (Å²) in [4.78, 5) is 13.2. The number of hydrogen-bond donors (Lipinski definition) is 0. The van der Waals surface area contributed by atoms with Gasteiger partial charge in [-0.1, -0.05) is 36.9 Å². The molecular formula is C13H13NO. The molecule has 1 aliphatic rings. The number of rotatable bonds is 1. The molecule has 0 unspecified atom stereocenters. The normalized spacial score (nSPS) is 16.6. The van der Waals surface area contributed by atoms with E-state index in [0.29, 0.717) is 6.54 Å². The fourth-order valence-corrected chi connectivity index (χ4v) is 1.89. The Balaban J connectivity index is 2.53. The molecule has 0 saturated carbocycles. The molecule has 15 heavy (non-hydrogen) atoms. The van der Waals surface area contributed by atoms with Crippen molar-refractivity contribution in [2.45, 2.75) is 6.92 Å². The summed E-state index contributed by atoms with van der Waals surface area (Å²) in [7, 11) is 0. The zero-order chi connectivity index (χ0) is 10.8. The highest BCUT2D eigenvalue weighted by Gasteiger charge is 2.24. The third-order valence-electron chi connectivity index (χ3n) is 2.57. The van der Waals surface area contributed by atoms with Gasteiger partial charge >= 0.3 is 0 Å². The van der Waals surface area contributed by atoms with E-state index in [1.54, 1.807) is 17.9 Å². The molecule has 2 rings (SSSR count). The van der Waals surface area contributed by atoms with Crippen LogP contribution in [0.15, 0.2) is 43.0 Å². The van der Waals surface area contributed by atoms with Crippen LogP contribution in [0.5, 0.6) is 0 Å². The molecule has 76 valence electrons. The lowest BCUT2D eigenvalue weighted by molar-refractivity contribution is -0.116. The zero-order valence-electron chi connectivity index (χ0n) is 8.73. The second-order valence-corrected chi connectivity index (χ2v) is 3.55. The van der Waals surface area contributed by atoms with Gasteiger partial charge in [0.1, 0.15) is 0 Å². The van der Waals surface area contributed by atoms with Crippen LogP contribution in [0.25, 0.3) is 5.57 Å². The highest BCUT2D eigenvalue weighted by Crippen LogP contribution is 2.35. The number of fused-ring (bicyclic) bond motifs is 1. The largest absolute Gasteiger partial charge is 0.308 e. The monoisotopic (exact) mass is 199 g/mol. The summed E-state index contributed by atoms with van der Waals surface area (Å²) >= 11 is 0. The van der Waals surface area contributed by atoms with Crippen molar-refractivity contribution < 1.29 is 4.79 Å². The van der Waals surface area contributed by atoms with Crippen molar-refractivity contribution in [2.75, 3.05) is 11.4 Å². The molecule has 0 N–H and O–H groups in total. The first kappa shape index (κ1) is 9.71. The molecule has 2 nitrogen and oxygen atoms in total. The van der Waals surface area contributed by atoms with Gasteiger partial charge < -0.3 is 4.90 Å². The van der Waals surface area contributed by atoms with Gasteiger partial charge in [0.05, 0.1) is 12.2 Å². The Kier molecular flexibility index (Phi) is 2.42. The fraction of sp³-hybridized carbons (Fsp3) is 0.154. The molecule has 0 aliphatic carbocycles. The summed E-state index contributed by atoms with van der Waals surface area (Å²) < 4.78 is 0. The minimum atomic E-state index is 0.0786. The van der Waals surface area contributed by atoms with Gasteiger partial charge in [-0.3, -0.25) is 4.79 Å². The first-order chi connectivity index (χ1) is 7.24. The predicted molar refractivity (Wildman–Crippen MR) is 62.6 cm³/mol. The maximum absolute atomic E-state index is 11.4. The Hall–Kier alpha value is -1.83. The van der Waals surface area contributed by atoms with Gasteiger partial charge in [-0.05, 0) is 11.6 Å². The fourth-order valence-electron chi connectivity index (χ4n) is 1.89. The second-order valence-electron chi connectivity index (χ2n) is 3.55. The predicted octanol–water partition coefficient (Wildman–Crippen LogP) is 2.62. The summed E-state index contributed by atoms with van der Waals surface area (Å²) in [6.07, 6.45) is 3.72. The number of anilines is 1. The van der Waals surface area contributed by atoms with E-state index in [4.69, 9.17) is 0 Å². The molecular weight excluding hydrogens is 186 g/mol. The minimum Gasteiger partial charge on any atom is -0.308 e. The van der Waals surface area contributed by atoms with E-state index in [9.17, 15) is 4.79 Å². The Labute approximate surface area is 89.5 Å². The summed E-state index contributed by atoms with van der Waals surface area (Å²) in [6.45, 7) is 5.93. The third-order valence-corrected chi connectivity index (χ3v) is 2.57. The molecule has 0 saturated heterocycles. The van der Waals surface area contributed by atoms with E-state index in [-0.39, 0.29) is 5.91 Å². The van der Waals surface area contributed by atoms with E-state index in [1.807, 2.05) is 30.3 Å². The molecule has 1 aromatic rings. The van der Waals surface area contributed by atoms with Gasteiger partial charge in [-0.15, -0.1) is 0 Å². The number of carbonyl (C=O) groups is 1. The van der Waals surface area contributed by atoms with Crippen molar-refractivity contribution in [3.05, 3.63) is 48.6 Å². The van der Waals surface area contributed by atoms with Gasteiger partial charge in [-0.2, -0.15) is 0 Å². The van der Waals surface area contributed by atoms with Crippen LogP contribution in [0.3, 0.4) is 0 Å². The van der Waals surface area contributed by atoms with E-state index >= 15 is 0 Å². The van der Waals surface area contributed by atoms with Crippen molar-refractivity contribution in [2.24, 2.45) is 0 Å². The lowest BCUT2D eigenvalue weighted by atomic mass is 10.1. The van der Waals surface area contributed by atoms with Gasteiger partial charge in [0.15, 0.2) is 0 Å². The topological polar surface area (TPSA) is 20.3 Å². The van der Waals surface area contributed by atoms with E-state index in [2.05, 4.69) is 6.58 Å². The van der Waals surface area contributed by atoms with Gasteiger partial charge in [0, 0.05) is 12.5 Å². The summed E-state index contributed by atoms with van der Waals surface area (Å²) in [5.74, 6) is 0.0786. The maximum atomic E-state index is 11.4. The summed E-state index contributed by atoms with van der Waals surface area (Å²) in [5.41, 5.74) is 3.28. The molecule has 1 aliphatic heterocycles. The number of allylic oxidation sites excluding steroid dienone is 2. The van der Waals surface area contributed by atoms with E-state index in [1.165, 1.54) is 0 Å². The summed E-state index contributed by atoms with van der Waals surface area (Å²) in [6, 6.07) is 7.94. The second kappa shape index (κ2) is 3.73. The molecule has 1 aromatic carbocycles. The van der Waals surface area contributed by atoms with E-state index < -0.39 is 0 Å². The molecule has 1 heterocycles. The molecule has 0 radical (unpaired) electrons. The number of nitrogens with zero attached hydrogens (tertiary/aromatic N) is 1. The first-order valence-electron chi connectivity index (χ1n) is 4.93. The molecule has 1 amide bonds. The number of carbonyl (C=O) groups excluding carboxylic acids is 1. The zero-order valence-corrected chi connectivity index (χ0v) is 8.73. The summed E-state index contributed by atoms with van der Waals surface area (Å²) in [5, 5.41) is 0. The molecule has 0 atom stereocenters. The molecule has 0 fully saturated rings. The molecule has 2 heteroatoms. The Morgan fingerprint density at radius 3 is 2.87 bits per heavy atom. The van der Waals surface area contributed by atoms with Crippen LogP contribution in [0, 0.1) is 0 Å². The Bertz CT molecular complexity index is 446. The quantitative estimate of drug-likeness (QED) is 0.680. The van der Waals surface area contributed by atoms with Crippen LogP contribution in [0.4, 0.5) is 5.69 Å².